The number of nitrogens with zero attached hydrogens (tertiary/aromatic N) is 1. The van der Waals surface area contributed by atoms with Gasteiger partial charge in [-0.05, 0) is 49.2 Å². The molecule has 23 heavy (non-hydrogen) atoms. The number of halogens is 1. The fourth-order valence-corrected chi connectivity index (χ4v) is 2.25. The molecule has 2 aromatic carbocycles. The number of hydrogen-bond donors (Lipinski definition) is 1. The first-order valence-electron chi connectivity index (χ1n) is 7.28. The van der Waals surface area contributed by atoms with E-state index < -0.39 is 5.82 Å². The summed E-state index contributed by atoms with van der Waals surface area (Å²) in [5.41, 5.74) is 3.10. The second-order valence-corrected chi connectivity index (χ2v) is 5.38. The number of carbonyl (C=O) groups is 2. The van der Waals surface area contributed by atoms with Crippen LogP contribution >= 0.6 is 0 Å². The predicted molar refractivity (Wildman–Crippen MR) is 89.0 cm³/mol. The number of hydrogen-bond acceptors (Lipinski definition) is 2. The molecule has 0 aliphatic carbocycles. The molecule has 0 saturated heterocycles. The van der Waals surface area contributed by atoms with Crippen molar-refractivity contribution < 1.29 is 14.0 Å². The maximum absolute atomic E-state index is 13.3. The van der Waals surface area contributed by atoms with E-state index in [4.69, 9.17) is 0 Å². The molecule has 0 aliphatic heterocycles. The molecule has 2 aromatic rings. The van der Waals surface area contributed by atoms with Gasteiger partial charge in [0.25, 0.3) is 0 Å². The van der Waals surface area contributed by atoms with Crippen LogP contribution in [0.3, 0.4) is 0 Å². The third-order valence-electron chi connectivity index (χ3n) is 3.68. The molecule has 0 bridgehead atoms. The molecular formula is C18H19FN2O2. The zero-order valence-electron chi connectivity index (χ0n) is 13.4. The summed E-state index contributed by atoms with van der Waals surface area (Å²) in [5, 5.41) is 2.79. The van der Waals surface area contributed by atoms with E-state index in [1.165, 1.54) is 30.0 Å². The second-order valence-electron chi connectivity index (χ2n) is 5.38. The van der Waals surface area contributed by atoms with Crippen molar-refractivity contribution in [2.45, 2.75) is 20.8 Å². The van der Waals surface area contributed by atoms with Crippen LogP contribution in [0.1, 0.15) is 18.1 Å². The van der Waals surface area contributed by atoms with E-state index in [1.54, 1.807) is 12.1 Å². The lowest BCUT2D eigenvalue weighted by molar-refractivity contribution is -0.120. The van der Waals surface area contributed by atoms with Crippen molar-refractivity contribution >= 4 is 23.2 Å². The molecule has 0 atom stereocenters. The molecule has 0 aromatic heterocycles. The summed E-state index contributed by atoms with van der Waals surface area (Å²) < 4.78 is 13.3. The van der Waals surface area contributed by atoms with Crippen molar-refractivity contribution in [3.63, 3.8) is 0 Å². The van der Waals surface area contributed by atoms with E-state index in [-0.39, 0.29) is 18.4 Å². The highest BCUT2D eigenvalue weighted by Gasteiger charge is 2.17. The summed E-state index contributed by atoms with van der Waals surface area (Å²) in [7, 11) is 0. The molecule has 2 rings (SSSR count). The number of rotatable bonds is 4. The predicted octanol–water partition coefficient (Wildman–Crippen LogP) is 3.43. The normalized spacial score (nSPS) is 10.3. The van der Waals surface area contributed by atoms with Crippen LogP contribution in [0.15, 0.2) is 42.5 Å². The minimum absolute atomic E-state index is 0.174. The number of anilines is 2. The fourth-order valence-electron chi connectivity index (χ4n) is 2.25. The molecule has 0 spiro atoms. The third-order valence-corrected chi connectivity index (χ3v) is 3.68. The first kappa shape index (κ1) is 16.7. The van der Waals surface area contributed by atoms with Gasteiger partial charge in [0.05, 0.1) is 0 Å². The van der Waals surface area contributed by atoms with Gasteiger partial charge in [-0.1, -0.05) is 18.2 Å². The molecule has 120 valence electrons. The van der Waals surface area contributed by atoms with Crippen molar-refractivity contribution in [3.05, 3.63) is 59.4 Å². The van der Waals surface area contributed by atoms with Gasteiger partial charge in [0, 0.05) is 18.3 Å². The van der Waals surface area contributed by atoms with Crippen LogP contribution in [0.2, 0.25) is 0 Å². The number of carbonyl (C=O) groups excluding carboxylic acids is 2. The van der Waals surface area contributed by atoms with Crippen molar-refractivity contribution in [2.75, 3.05) is 16.8 Å². The molecule has 0 heterocycles. The van der Waals surface area contributed by atoms with Gasteiger partial charge in [-0.15, -0.1) is 0 Å². The lowest BCUT2D eigenvalue weighted by Gasteiger charge is -2.21. The average molecular weight is 314 g/mol. The number of amides is 2. The molecule has 0 fully saturated rings. The smallest absolute Gasteiger partial charge is 0.244 e. The largest absolute Gasteiger partial charge is 0.324 e. The van der Waals surface area contributed by atoms with E-state index in [1.807, 2.05) is 26.0 Å². The minimum atomic E-state index is -0.455. The van der Waals surface area contributed by atoms with Gasteiger partial charge in [-0.25, -0.2) is 4.39 Å². The highest BCUT2D eigenvalue weighted by Crippen LogP contribution is 2.19. The highest BCUT2D eigenvalue weighted by atomic mass is 19.1. The molecule has 1 N–H and O–H groups in total. The van der Waals surface area contributed by atoms with Crippen molar-refractivity contribution in [1.29, 1.82) is 0 Å². The summed E-state index contributed by atoms with van der Waals surface area (Å²) in [6.07, 6.45) is 0. The maximum atomic E-state index is 13.3. The molecule has 0 radical (unpaired) electrons. The standard InChI is InChI=1S/C18H19FN2O2/c1-12-6-4-9-17(13(12)2)20-18(23)11-21(14(3)22)16-8-5-7-15(19)10-16/h4-10H,11H2,1-3H3,(H,20,23). The average Bonchev–Trinajstić information content (AvgIpc) is 2.49. The molecule has 5 heteroatoms. The lowest BCUT2D eigenvalue weighted by Crippen LogP contribution is -2.36. The maximum Gasteiger partial charge on any atom is 0.244 e. The Morgan fingerprint density at radius 3 is 2.48 bits per heavy atom. The van der Waals surface area contributed by atoms with Gasteiger partial charge in [-0.3, -0.25) is 9.59 Å². The Labute approximate surface area is 134 Å². The van der Waals surface area contributed by atoms with E-state index in [9.17, 15) is 14.0 Å². The summed E-state index contributed by atoms with van der Waals surface area (Å²) in [6.45, 7) is 5.04. The zero-order valence-corrected chi connectivity index (χ0v) is 13.4. The van der Waals surface area contributed by atoms with E-state index >= 15 is 0 Å². The van der Waals surface area contributed by atoms with Crippen molar-refractivity contribution in [2.24, 2.45) is 0 Å². The van der Waals surface area contributed by atoms with Crippen LogP contribution in [-0.4, -0.2) is 18.4 Å². The van der Waals surface area contributed by atoms with Gasteiger partial charge in [0.1, 0.15) is 12.4 Å². The monoisotopic (exact) mass is 314 g/mol. The molecule has 2 amide bonds. The lowest BCUT2D eigenvalue weighted by atomic mass is 10.1. The number of aryl methyl sites for hydroxylation is 1. The zero-order chi connectivity index (χ0) is 17.0. The van der Waals surface area contributed by atoms with Crippen LogP contribution in [0, 0.1) is 19.7 Å². The second kappa shape index (κ2) is 7.05. The van der Waals surface area contributed by atoms with Gasteiger partial charge >= 0.3 is 0 Å². The van der Waals surface area contributed by atoms with Crippen molar-refractivity contribution in [3.8, 4) is 0 Å². The topological polar surface area (TPSA) is 49.4 Å². The minimum Gasteiger partial charge on any atom is -0.324 e. The van der Waals surface area contributed by atoms with E-state index in [0.717, 1.165) is 11.1 Å². The van der Waals surface area contributed by atoms with Crippen LogP contribution < -0.4 is 10.2 Å². The van der Waals surface area contributed by atoms with Crippen LogP contribution in [0.25, 0.3) is 0 Å². The van der Waals surface area contributed by atoms with Crippen molar-refractivity contribution in [1.82, 2.24) is 0 Å². The van der Waals surface area contributed by atoms with Gasteiger partial charge in [0.2, 0.25) is 11.8 Å². The van der Waals surface area contributed by atoms with Crippen LogP contribution in [-0.2, 0) is 9.59 Å². The first-order chi connectivity index (χ1) is 10.9. The van der Waals surface area contributed by atoms with Gasteiger partial charge in [-0.2, -0.15) is 0 Å². The molecule has 0 unspecified atom stereocenters. The van der Waals surface area contributed by atoms with E-state index in [0.29, 0.717) is 11.4 Å². The van der Waals surface area contributed by atoms with Crippen LogP contribution in [0.4, 0.5) is 15.8 Å². The molecule has 0 saturated carbocycles. The number of benzene rings is 2. The summed E-state index contributed by atoms with van der Waals surface area (Å²) >= 11 is 0. The summed E-state index contributed by atoms with van der Waals surface area (Å²) in [4.78, 5) is 25.3. The third kappa shape index (κ3) is 4.16. The Morgan fingerprint density at radius 2 is 1.83 bits per heavy atom. The summed E-state index contributed by atoms with van der Waals surface area (Å²) in [5.74, 6) is -1.12. The highest BCUT2D eigenvalue weighted by molar-refractivity contribution is 6.02. The molecule has 4 nitrogen and oxygen atoms in total. The molecule has 0 aliphatic rings. The van der Waals surface area contributed by atoms with Gasteiger partial charge in [0.15, 0.2) is 0 Å². The SMILES string of the molecule is CC(=O)N(CC(=O)Nc1cccc(C)c1C)c1cccc(F)c1. The fraction of sp³-hybridized carbons (Fsp3) is 0.222. The Kier molecular flexibility index (Phi) is 5.11. The Bertz CT molecular complexity index is 744. The molecular weight excluding hydrogens is 295 g/mol. The summed E-state index contributed by atoms with van der Waals surface area (Å²) in [6, 6.07) is 11.2. The quantitative estimate of drug-likeness (QED) is 0.940. The Morgan fingerprint density at radius 1 is 1.13 bits per heavy atom. The van der Waals surface area contributed by atoms with E-state index in [2.05, 4.69) is 5.32 Å². The Hall–Kier alpha value is -2.69. The van der Waals surface area contributed by atoms with Crippen LogP contribution in [0.5, 0.6) is 0 Å². The Balaban J connectivity index is 2.16. The number of nitrogens with one attached hydrogen (secondary N) is 1. The van der Waals surface area contributed by atoms with Gasteiger partial charge < -0.3 is 10.2 Å². The first-order valence-corrected chi connectivity index (χ1v) is 7.28.